The molecule has 6 aromatic rings. The van der Waals surface area contributed by atoms with Crippen molar-refractivity contribution in [2.45, 2.75) is 0 Å². The molecule has 0 N–H and O–H groups in total. The summed E-state index contributed by atoms with van der Waals surface area (Å²) < 4.78 is 3.49. The summed E-state index contributed by atoms with van der Waals surface area (Å²) in [6, 6.07) is 43.3. The van der Waals surface area contributed by atoms with E-state index in [-0.39, 0.29) is 0 Å². The summed E-state index contributed by atoms with van der Waals surface area (Å²) >= 11 is 3.56. The maximum absolute atomic E-state index is 3.56. The summed E-state index contributed by atoms with van der Waals surface area (Å²) in [6.45, 7) is 0. The third-order valence-corrected chi connectivity index (χ3v) is 6.63. The molecule has 1 aromatic heterocycles. The van der Waals surface area contributed by atoms with Gasteiger partial charge >= 0.3 is 0 Å². The monoisotopic (exact) mass is 473 g/mol. The Labute approximate surface area is 195 Å². The molecular weight excluding hydrogens is 454 g/mol. The quantitative estimate of drug-likeness (QED) is 0.241. The number of rotatable bonds is 3. The number of halogens is 1. The smallest absolute Gasteiger partial charge is 0.0541 e. The van der Waals surface area contributed by atoms with Gasteiger partial charge < -0.3 is 4.57 Å². The van der Waals surface area contributed by atoms with Gasteiger partial charge in [0.2, 0.25) is 0 Å². The number of para-hydroxylation sites is 3. The van der Waals surface area contributed by atoms with E-state index < -0.39 is 0 Å². The van der Waals surface area contributed by atoms with E-state index in [1.807, 2.05) is 0 Å². The van der Waals surface area contributed by atoms with E-state index in [0.717, 1.165) is 4.47 Å². The molecule has 1 nitrogen and oxygen atoms in total. The topological polar surface area (TPSA) is 4.93 Å². The lowest BCUT2D eigenvalue weighted by Crippen LogP contribution is -1.97. The fourth-order valence-electron chi connectivity index (χ4n) is 4.68. The maximum Gasteiger partial charge on any atom is 0.0541 e. The van der Waals surface area contributed by atoms with Gasteiger partial charge in [-0.1, -0.05) is 107 Å². The molecule has 0 spiro atoms. The Hall–Kier alpha value is -3.62. The summed E-state index contributed by atoms with van der Waals surface area (Å²) in [5.74, 6) is 0. The van der Waals surface area contributed by atoms with Crippen LogP contribution in [-0.4, -0.2) is 4.57 Å². The minimum Gasteiger partial charge on any atom is -0.309 e. The van der Waals surface area contributed by atoms with Crippen LogP contribution in [0.3, 0.4) is 0 Å². The molecule has 1 heterocycles. The average Bonchev–Trinajstić information content (AvgIpc) is 3.19. The van der Waals surface area contributed by atoms with Crippen molar-refractivity contribution in [1.82, 2.24) is 4.57 Å². The van der Waals surface area contributed by atoms with E-state index >= 15 is 0 Å². The highest BCUT2D eigenvalue weighted by Crippen LogP contribution is 2.39. The standard InChI is InChI=1S/C30H20BrN/c31-22-19-17-21(18-20-22)23-9-1-2-10-24(23)25-11-3-6-14-28(25)32-29-15-7-4-12-26(29)27-13-5-8-16-30(27)32/h1-20H. The molecule has 152 valence electrons. The summed E-state index contributed by atoms with van der Waals surface area (Å²) in [7, 11) is 0. The minimum absolute atomic E-state index is 1.09. The molecule has 6 rings (SSSR count). The molecule has 0 unspecified atom stereocenters. The molecule has 0 aliphatic rings. The van der Waals surface area contributed by atoms with Crippen LogP contribution in [0.4, 0.5) is 0 Å². The summed E-state index contributed by atoms with van der Waals surface area (Å²) in [4.78, 5) is 0. The van der Waals surface area contributed by atoms with Gasteiger partial charge in [-0.05, 0) is 47.0 Å². The Morgan fingerprint density at radius 1 is 0.438 bits per heavy atom. The highest BCUT2D eigenvalue weighted by molar-refractivity contribution is 9.10. The molecule has 0 bridgehead atoms. The second-order valence-corrected chi connectivity index (χ2v) is 8.86. The van der Waals surface area contributed by atoms with Gasteiger partial charge in [0, 0.05) is 20.8 Å². The minimum atomic E-state index is 1.09. The molecule has 32 heavy (non-hydrogen) atoms. The van der Waals surface area contributed by atoms with E-state index in [2.05, 4.69) is 142 Å². The fraction of sp³-hybridized carbons (Fsp3) is 0. The first-order valence-electron chi connectivity index (χ1n) is 10.7. The number of fused-ring (bicyclic) bond motifs is 3. The summed E-state index contributed by atoms with van der Waals surface area (Å²) in [5, 5.41) is 2.55. The van der Waals surface area contributed by atoms with Gasteiger partial charge in [-0.2, -0.15) is 0 Å². The molecule has 0 aliphatic carbocycles. The maximum atomic E-state index is 3.56. The van der Waals surface area contributed by atoms with Crippen molar-refractivity contribution in [3.05, 3.63) is 126 Å². The van der Waals surface area contributed by atoms with Crippen molar-refractivity contribution in [3.63, 3.8) is 0 Å². The van der Waals surface area contributed by atoms with Gasteiger partial charge in [0.15, 0.2) is 0 Å². The molecule has 5 aromatic carbocycles. The largest absolute Gasteiger partial charge is 0.309 e. The highest BCUT2D eigenvalue weighted by atomic mass is 79.9. The van der Waals surface area contributed by atoms with Crippen molar-refractivity contribution >= 4 is 37.7 Å². The van der Waals surface area contributed by atoms with E-state index in [4.69, 9.17) is 0 Å². The molecule has 0 amide bonds. The number of hydrogen-bond donors (Lipinski definition) is 0. The Kier molecular flexibility index (Phi) is 4.66. The van der Waals surface area contributed by atoms with Crippen LogP contribution in [0.25, 0.3) is 49.7 Å². The van der Waals surface area contributed by atoms with Crippen LogP contribution in [0.1, 0.15) is 0 Å². The van der Waals surface area contributed by atoms with Gasteiger partial charge in [0.1, 0.15) is 0 Å². The van der Waals surface area contributed by atoms with Crippen LogP contribution in [0.2, 0.25) is 0 Å². The Bertz CT molecular complexity index is 1520. The second kappa shape index (κ2) is 7.81. The lowest BCUT2D eigenvalue weighted by Gasteiger charge is -2.17. The van der Waals surface area contributed by atoms with Crippen LogP contribution >= 0.6 is 15.9 Å². The van der Waals surface area contributed by atoms with Crippen LogP contribution in [0.15, 0.2) is 126 Å². The molecular formula is C30H20BrN. The number of benzene rings is 5. The van der Waals surface area contributed by atoms with Gasteiger partial charge in [0.25, 0.3) is 0 Å². The van der Waals surface area contributed by atoms with Crippen molar-refractivity contribution in [2.24, 2.45) is 0 Å². The van der Waals surface area contributed by atoms with E-state index in [1.54, 1.807) is 0 Å². The van der Waals surface area contributed by atoms with Crippen molar-refractivity contribution in [1.29, 1.82) is 0 Å². The zero-order chi connectivity index (χ0) is 21.5. The zero-order valence-electron chi connectivity index (χ0n) is 17.4. The predicted octanol–water partition coefficient (Wildman–Crippen LogP) is 8.88. The lowest BCUT2D eigenvalue weighted by atomic mass is 9.93. The van der Waals surface area contributed by atoms with E-state index in [1.165, 1.54) is 49.7 Å². The second-order valence-electron chi connectivity index (χ2n) is 7.94. The third kappa shape index (κ3) is 3.07. The Balaban J connectivity index is 1.66. The molecule has 2 heteroatoms. The van der Waals surface area contributed by atoms with Crippen LogP contribution < -0.4 is 0 Å². The third-order valence-electron chi connectivity index (χ3n) is 6.10. The molecule has 0 radical (unpaired) electrons. The van der Waals surface area contributed by atoms with Crippen LogP contribution in [0, 0.1) is 0 Å². The lowest BCUT2D eigenvalue weighted by molar-refractivity contribution is 1.18. The van der Waals surface area contributed by atoms with Crippen molar-refractivity contribution < 1.29 is 0 Å². The first kappa shape index (κ1) is 19.1. The van der Waals surface area contributed by atoms with Gasteiger partial charge in [0.05, 0.1) is 16.7 Å². The first-order chi connectivity index (χ1) is 15.8. The Morgan fingerprint density at radius 3 is 1.59 bits per heavy atom. The molecule has 0 fully saturated rings. The van der Waals surface area contributed by atoms with E-state index in [9.17, 15) is 0 Å². The van der Waals surface area contributed by atoms with Gasteiger partial charge in [-0.15, -0.1) is 0 Å². The number of aromatic nitrogens is 1. The highest BCUT2D eigenvalue weighted by Gasteiger charge is 2.16. The predicted molar refractivity (Wildman–Crippen MR) is 139 cm³/mol. The summed E-state index contributed by atoms with van der Waals surface area (Å²) in [6.07, 6.45) is 0. The van der Waals surface area contributed by atoms with Crippen LogP contribution in [0.5, 0.6) is 0 Å². The van der Waals surface area contributed by atoms with Crippen LogP contribution in [-0.2, 0) is 0 Å². The number of nitrogens with zero attached hydrogens (tertiary/aromatic N) is 1. The SMILES string of the molecule is Brc1ccc(-c2ccccc2-c2ccccc2-n2c3ccccc3c3ccccc32)cc1. The molecule has 0 saturated carbocycles. The first-order valence-corrected chi connectivity index (χ1v) is 11.5. The normalized spacial score (nSPS) is 11.3. The van der Waals surface area contributed by atoms with Crippen molar-refractivity contribution in [3.8, 4) is 27.9 Å². The fourth-order valence-corrected chi connectivity index (χ4v) is 4.94. The van der Waals surface area contributed by atoms with Gasteiger partial charge in [-0.3, -0.25) is 0 Å². The van der Waals surface area contributed by atoms with Crippen molar-refractivity contribution in [2.75, 3.05) is 0 Å². The zero-order valence-corrected chi connectivity index (χ0v) is 19.0. The summed E-state index contributed by atoms with van der Waals surface area (Å²) in [5.41, 5.74) is 8.53. The Morgan fingerprint density at radius 2 is 0.938 bits per heavy atom. The average molecular weight is 474 g/mol. The molecule has 0 aliphatic heterocycles. The van der Waals surface area contributed by atoms with Gasteiger partial charge in [-0.25, -0.2) is 0 Å². The van der Waals surface area contributed by atoms with E-state index in [0.29, 0.717) is 0 Å². The molecule has 0 saturated heterocycles. The molecule has 0 atom stereocenters. The number of hydrogen-bond acceptors (Lipinski definition) is 0.